The van der Waals surface area contributed by atoms with Gasteiger partial charge in [0.2, 0.25) is 5.91 Å². The van der Waals surface area contributed by atoms with Gasteiger partial charge in [-0.3, -0.25) is 19.3 Å². The second kappa shape index (κ2) is 11.8. The lowest BCUT2D eigenvalue weighted by Crippen LogP contribution is -2.63. The van der Waals surface area contributed by atoms with Gasteiger partial charge in [0.1, 0.15) is 0 Å². The second-order valence-electron chi connectivity index (χ2n) is 10.1. The number of rotatable bonds is 8. The number of imide groups is 1. The van der Waals surface area contributed by atoms with Crippen molar-refractivity contribution in [2.75, 3.05) is 6.54 Å². The highest BCUT2D eigenvalue weighted by Crippen LogP contribution is 2.35. The standard InChI is InChI=1S/C31H30ClN3O4/c32-26-12-6-4-10-24(26)18-33-29(37)23-16-14-21(15-17-23)19-35-30(38)25-11-5-7-13-27(25)34(31(35)39)20-28(36)22-8-2-1-3-9-22/h1-4,6,8-10,12,14-17,25,27H,5,7,11,13,18-20H2,(H,33,37). The molecule has 1 aliphatic carbocycles. The fourth-order valence-electron chi connectivity index (χ4n) is 5.43. The molecule has 0 spiro atoms. The van der Waals surface area contributed by atoms with Gasteiger partial charge in [0, 0.05) is 28.7 Å². The zero-order chi connectivity index (χ0) is 27.4. The first-order chi connectivity index (χ1) is 18.9. The minimum Gasteiger partial charge on any atom is -0.348 e. The Hall–Kier alpha value is -3.97. The van der Waals surface area contributed by atoms with E-state index in [1.165, 1.54) is 4.90 Å². The Balaban J connectivity index is 1.28. The molecule has 7 nitrogen and oxygen atoms in total. The molecule has 2 atom stereocenters. The average Bonchev–Trinajstić information content (AvgIpc) is 2.97. The highest BCUT2D eigenvalue weighted by atomic mass is 35.5. The van der Waals surface area contributed by atoms with E-state index in [0.29, 0.717) is 29.1 Å². The molecule has 0 bridgehead atoms. The summed E-state index contributed by atoms with van der Waals surface area (Å²) < 4.78 is 0. The van der Waals surface area contributed by atoms with Crippen LogP contribution in [0.15, 0.2) is 78.9 Å². The lowest BCUT2D eigenvalue weighted by atomic mass is 9.81. The quantitative estimate of drug-likeness (QED) is 0.381. The van der Waals surface area contributed by atoms with Crippen molar-refractivity contribution in [3.8, 4) is 0 Å². The molecule has 0 radical (unpaired) electrons. The Kier molecular flexibility index (Phi) is 8.07. The monoisotopic (exact) mass is 543 g/mol. The number of hydrogen-bond acceptors (Lipinski definition) is 4. The van der Waals surface area contributed by atoms with Gasteiger partial charge in [-0.05, 0) is 42.2 Å². The first-order valence-corrected chi connectivity index (χ1v) is 13.6. The average molecular weight is 544 g/mol. The number of urea groups is 1. The summed E-state index contributed by atoms with van der Waals surface area (Å²) in [5.74, 6) is -0.887. The van der Waals surface area contributed by atoms with Gasteiger partial charge in [-0.25, -0.2) is 4.79 Å². The summed E-state index contributed by atoms with van der Waals surface area (Å²) in [6.45, 7) is 0.327. The number of ketones is 1. The molecule has 8 heteroatoms. The number of fused-ring (bicyclic) bond motifs is 1. The Labute approximate surface area is 232 Å². The number of amides is 4. The molecular weight excluding hydrogens is 514 g/mol. The van der Waals surface area contributed by atoms with Gasteiger partial charge >= 0.3 is 6.03 Å². The lowest BCUT2D eigenvalue weighted by Gasteiger charge is -2.46. The van der Waals surface area contributed by atoms with Crippen molar-refractivity contribution in [1.82, 2.24) is 15.1 Å². The zero-order valence-electron chi connectivity index (χ0n) is 21.5. The van der Waals surface area contributed by atoms with E-state index in [4.69, 9.17) is 11.6 Å². The van der Waals surface area contributed by atoms with Crippen LogP contribution in [0.3, 0.4) is 0 Å². The maximum atomic E-state index is 13.6. The number of benzene rings is 3. The number of carbonyl (C=O) groups is 4. The van der Waals surface area contributed by atoms with Crippen LogP contribution in [0.1, 0.15) is 57.5 Å². The first kappa shape index (κ1) is 26.6. The van der Waals surface area contributed by atoms with Crippen LogP contribution in [0.5, 0.6) is 0 Å². The molecule has 5 rings (SSSR count). The Bertz CT molecular complexity index is 1380. The number of nitrogens with one attached hydrogen (secondary N) is 1. The number of Topliss-reactive ketones (excluding diaryl/α,β-unsaturated/α-hetero) is 1. The molecular formula is C31H30ClN3O4. The third kappa shape index (κ3) is 5.88. The molecule has 1 saturated heterocycles. The summed E-state index contributed by atoms with van der Waals surface area (Å²) in [6.07, 6.45) is 3.27. The SMILES string of the molecule is O=C(CN1C(=O)N(Cc2ccc(C(=O)NCc3ccccc3Cl)cc2)C(=O)C2CCCCC21)c1ccccc1. The normalized spacial score (nSPS) is 19.0. The highest BCUT2D eigenvalue weighted by Gasteiger charge is 2.47. The molecule has 1 aliphatic heterocycles. The number of carbonyl (C=O) groups excluding carboxylic acids is 4. The molecule has 1 heterocycles. The van der Waals surface area contributed by atoms with Gasteiger partial charge in [0.05, 0.1) is 19.0 Å². The third-order valence-corrected chi connectivity index (χ3v) is 7.92. The van der Waals surface area contributed by atoms with E-state index in [-0.39, 0.29) is 42.6 Å². The predicted octanol–water partition coefficient (Wildman–Crippen LogP) is 5.48. The van der Waals surface area contributed by atoms with Gasteiger partial charge in [-0.15, -0.1) is 0 Å². The molecule has 3 aromatic rings. The topological polar surface area (TPSA) is 86.8 Å². The van der Waals surface area contributed by atoms with E-state index in [2.05, 4.69) is 5.32 Å². The Morgan fingerprint density at radius 2 is 1.54 bits per heavy atom. The van der Waals surface area contributed by atoms with Crippen molar-refractivity contribution >= 4 is 35.2 Å². The minimum absolute atomic E-state index is 0.0572. The van der Waals surface area contributed by atoms with Gasteiger partial charge in [-0.2, -0.15) is 0 Å². The summed E-state index contributed by atoms with van der Waals surface area (Å²) >= 11 is 6.17. The molecule has 2 aliphatic rings. The number of halogens is 1. The summed E-state index contributed by atoms with van der Waals surface area (Å²) in [5.41, 5.74) is 2.56. The van der Waals surface area contributed by atoms with Crippen LogP contribution < -0.4 is 5.32 Å². The molecule has 39 heavy (non-hydrogen) atoms. The zero-order valence-corrected chi connectivity index (χ0v) is 22.3. The molecule has 2 unspecified atom stereocenters. The van der Waals surface area contributed by atoms with Crippen LogP contribution in [-0.4, -0.2) is 46.0 Å². The van der Waals surface area contributed by atoms with Crippen LogP contribution in [0.4, 0.5) is 4.79 Å². The molecule has 200 valence electrons. The first-order valence-electron chi connectivity index (χ1n) is 13.2. The fourth-order valence-corrected chi connectivity index (χ4v) is 5.63. The van der Waals surface area contributed by atoms with Crippen LogP contribution in [-0.2, 0) is 17.9 Å². The molecule has 4 amide bonds. The predicted molar refractivity (Wildman–Crippen MR) is 148 cm³/mol. The Morgan fingerprint density at radius 3 is 2.28 bits per heavy atom. The minimum atomic E-state index is -0.436. The van der Waals surface area contributed by atoms with E-state index in [0.717, 1.165) is 30.4 Å². The van der Waals surface area contributed by atoms with Gasteiger partial charge in [0.25, 0.3) is 5.91 Å². The lowest BCUT2D eigenvalue weighted by molar-refractivity contribution is -0.140. The van der Waals surface area contributed by atoms with Crippen molar-refractivity contribution in [1.29, 1.82) is 0 Å². The summed E-state index contributed by atoms with van der Waals surface area (Å²) in [5, 5.41) is 3.45. The van der Waals surface area contributed by atoms with Crippen LogP contribution >= 0.6 is 11.6 Å². The van der Waals surface area contributed by atoms with Crippen LogP contribution in [0.25, 0.3) is 0 Å². The van der Waals surface area contributed by atoms with E-state index in [1.54, 1.807) is 59.5 Å². The van der Waals surface area contributed by atoms with Gasteiger partial charge in [-0.1, -0.05) is 85.1 Å². The van der Waals surface area contributed by atoms with E-state index < -0.39 is 6.03 Å². The smallest absolute Gasteiger partial charge is 0.327 e. The number of hydrogen-bond donors (Lipinski definition) is 1. The van der Waals surface area contributed by atoms with Crippen molar-refractivity contribution in [3.05, 3.63) is 106 Å². The van der Waals surface area contributed by atoms with Crippen molar-refractivity contribution in [3.63, 3.8) is 0 Å². The second-order valence-corrected chi connectivity index (χ2v) is 10.5. The highest BCUT2D eigenvalue weighted by molar-refractivity contribution is 6.31. The largest absolute Gasteiger partial charge is 0.348 e. The van der Waals surface area contributed by atoms with E-state index in [1.807, 2.05) is 24.3 Å². The van der Waals surface area contributed by atoms with Crippen molar-refractivity contribution in [2.45, 2.75) is 44.8 Å². The summed E-state index contributed by atoms with van der Waals surface area (Å²) in [7, 11) is 0. The summed E-state index contributed by atoms with van der Waals surface area (Å²) in [6, 6.07) is 22.4. The molecule has 3 aromatic carbocycles. The summed E-state index contributed by atoms with van der Waals surface area (Å²) in [4.78, 5) is 55.5. The molecule has 0 aromatic heterocycles. The van der Waals surface area contributed by atoms with Gasteiger partial charge < -0.3 is 10.2 Å². The fraction of sp³-hybridized carbons (Fsp3) is 0.290. The number of nitrogens with zero attached hydrogens (tertiary/aromatic N) is 2. The van der Waals surface area contributed by atoms with Crippen LogP contribution in [0.2, 0.25) is 5.02 Å². The maximum absolute atomic E-state index is 13.6. The molecule has 2 fully saturated rings. The van der Waals surface area contributed by atoms with Crippen molar-refractivity contribution in [2.24, 2.45) is 5.92 Å². The van der Waals surface area contributed by atoms with Crippen molar-refractivity contribution < 1.29 is 19.2 Å². The van der Waals surface area contributed by atoms with E-state index >= 15 is 0 Å². The molecule has 1 saturated carbocycles. The van der Waals surface area contributed by atoms with Crippen LogP contribution in [0, 0.1) is 5.92 Å². The third-order valence-electron chi connectivity index (χ3n) is 7.55. The Morgan fingerprint density at radius 1 is 0.846 bits per heavy atom. The molecule has 1 N–H and O–H groups in total. The van der Waals surface area contributed by atoms with E-state index in [9.17, 15) is 19.2 Å². The maximum Gasteiger partial charge on any atom is 0.327 e. The van der Waals surface area contributed by atoms with Gasteiger partial charge in [0.15, 0.2) is 5.78 Å².